The summed E-state index contributed by atoms with van der Waals surface area (Å²) < 4.78 is 424. The van der Waals surface area contributed by atoms with Gasteiger partial charge in [0.05, 0.1) is 57.5 Å². The van der Waals surface area contributed by atoms with Crippen LogP contribution >= 0.6 is 0 Å². The van der Waals surface area contributed by atoms with E-state index in [0.717, 1.165) is 6.07 Å². The van der Waals surface area contributed by atoms with E-state index >= 15 is 0 Å². The molecule has 3 aliphatic rings. The summed E-state index contributed by atoms with van der Waals surface area (Å²) in [4.78, 5) is 0.209. The zero-order valence-electron chi connectivity index (χ0n) is 78.9. The van der Waals surface area contributed by atoms with E-state index in [4.69, 9.17) is 29.1 Å². The Hall–Kier alpha value is -8.72. The zero-order chi connectivity index (χ0) is 84.4. The van der Waals surface area contributed by atoms with Crippen molar-refractivity contribution in [3.63, 3.8) is 0 Å². The van der Waals surface area contributed by atoms with Gasteiger partial charge < -0.3 is 9.32 Å². The van der Waals surface area contributed by atoms with Crippen LogP contribution in [0.15, 0.2) is 240 Å². The molecule has 0 saturated carbocycles. The van der Waals surface area contributed by atoms with Gasteiger partial charge in [0.25, 0.3) is 0 Å². The summed E-state index contributed by atoms with van der Waals surface area (Å²) >= 11 is 0. The number of hydrogen-bond acceptors (Lipinski definition) is 2. The van der Waals surface area contributed by atoms with Gasteiger partial charge in [-0.05, 0) is 148 Å². The third-order valence-corrected chi connectivity index (χ3v) is 12.6. The normalized spacial score (nSPS) is 24.7. The summed E-state index contributed by atoms with van der Waals surface area (Å²) in [5, 5.41) is -3.48. The molecule has 1 unspecified atom stereocenters. The molecule has 11 aromatic carbocycles. The summed E-state index contributed by atoms with van der Waals surface area (Å²) in [6.07, 6.45) is 0. The number of furan rings is 1. The maximum absolute atomic E-state index is 11.0. The minimum absolute atomic E-state index is 0.209. The minimum Gasteiger partial charge on any atom is -0.456 e. The van der Waals surface area contributed by atoms with Gasteiger partial charge in [-0.2, -0.15) is 0 Å². The van der Waals surface area contributed by atoms with Crippen molar-refractivity contribution in [3.8, 4) is 55.6 Å². The van der Waals surface area contributed by atoms with E-state index in [1.807, 2.05) is 0 Å². The van der Waals surface area contributed by atoms with Crippen LogP contribution in [-0.2, 0) is 10.8 Å². The summed E-state index contributed by atoms with van der Waals surface area (Å²) in [7, 11) is 0. The SMILES string of the molecule is [2H]c1cc([2H])c2c(c1[2H])-c1c([2H])c([2H])c([2H])c([2H])c1C21c2c([2H])c([2H])c([2H])c([2H])c2-c2c([2H])c([2H])c(N(c3c([2H])c([2H])c([2H])c(-c4c([2H])c([2H])c5c([2H])c([2H])c([2H])c([2H])c5c4-c4c([2H])c([2H])c5c(c4[2H])-c4c([2H])c([2H])c([2H])c([2H])c4C5(C([2H])([2H])[2H])C([2H])([2H])[2H])c3[2H])c3c([2H])c([2H])c4c(oc5c([2H])c([2H])c([2H])c([2H])c54)c3[2H])c([2H])c21. The lowest BCUT2D eigenvalue weighted by atomic mass is 9.70. The van der Waals surface area contributed by atoms with Crippen molar-refractivity contribution in [2.45, 2.75) is 24.5 Å². The highest BCUT2D eigenvalue weighted by Crippen LogP contribution is 2.63. The van der Waals surface area contributed by atoms with Gasteiger partial charge in [-0.25, -0.2) is 0 Å². The van der Waals surface area contributed by atoms with Crippen molar-refractivity contribution >= 4 is 49.8 Å². The first-order valence-electron chi connectivity index (χ1n) is 42.9. The van der Waals surface area contributed by atoms with Crippen LogP contribution in [0.4, 0.5) is 17.1 Å². The van der Waals surface area contributed by atoms with E-state index in [1.54, 1.807) is 0 Å². The number of nitrogens with zero attached hydrogens (tertiary/aromatic N) is 1. The Morgan fingerprint density at radius 3 is 1.79 bits per heavy atom. The van der Waals surface area contributed by atoms with E-state index in [0.29, 0.717) is 0 Å². The fraction of sp³-hybridized carbons (Fsp3) is 0.0588. The fourth-order valence-corrected chi connectivity index (χ4v) is 9.68. The summed E-state index contributed by atoms with van der Waals surface area (Å²) in [6.45, 7) is -8.07. The first-order valence-corrected chi connectivity index (χ1v) is 20.9. The van der Waals surface area contributed by atoms with Gasteiger partial charge in [-0.1, -0.05) is 195 Å². The van der Waals surface area contributed by atoms with Gasteiger partial charge in [0.2, 0.25) is 0 Å². The zero-order valence-corrected chi connectivity index (χ0v) is 34.9. The predicted molar refractivity (Wildman–Crippen MR) is 291 cm³/mol. The van der Waals surface area contributed by atoms with Crippen LogP contribution in [-0.4, -0.2) is 0 Å². The number of benzene rings is 11. The Bertz CT molecular complexity index is 6650. The maximum Gasteiger partial charge on any atom is 0.137 e. The van der Waals surface area contributed by atoms with Crippen molar-refractivity contribution in [1.29, 1.82) is 0 Å². The smallest absolute Gasteiger partial charge is 0.137 e. The number of anilines is 3. The molecule has 0 bridgehead atoms. The molecule has 0 amide bonds. The van der Waals surface area contributed by atoms with E-state index in [1.165, 1.54) is 0 Å². The molecule has 0 radical (unpaired) electrons. The molecule has 70 heavy (non-hydrogen) atoms. The Morgan fingerprint density at radius 2 is 0.971 bits per heavy atom. The molecular formula is C68H45NO. The molecule has 15 rings (SSSR count). The van der Waals surface area contributed by atoms with Crippen LogP contribution in [0, 0.1) is 0 Å². The van der Waals surface area contributed by atoms with Crippen molar-refractivity contribution < 1.29 is 64.7 Å². The molecule has 0 saturated heterocycles. The number of para-hydroxylation sites is 1. The minimum atomic E-state index is -4.04. The number of fused-ring (bicyclic) bond motifs is 17. The van der Waals surface area contributed by atoms with Gasteiger partial charge in [-0.15, -0.1) is 0 Å². The fourth-order valence-electron chi connectivity index (χ4n) is 9.68. The molecular weight excluding hydrogens is 847 g/mol. The largest absolute Gasteiger partial charge is 0.456 e. The molecule has 1 aromatic heterocycles. The standard InChI is InChI=1S/C68H45NO/c1-67(2)58-25-10-5-23-53(58)57-39-44(31-37-59(57)67)66-48-19-4-3-16-42(48)30-34-49(66)43-17-15-18-45(38-43)69(47-33-36-56-55-24-9-14-29-64(55)70-65(56)41-47)46-32-35-54-52-22-8-13-28-62(52)68(63(54)40-46)60-26-11-6-20-50(60)51-21-7-12-27-61(51)68/h3-41H,1-2H3/i1D3,2D3,3D,4D,5D,6D,7D,8D,9D,10D,11D,13D,14D,15D,16D,17D,18D,19D,20D,21D,22D,23D,24D,25D,26D,27D,28D,29D,30D,31D,32D,33D,34D,35D,36D,37D,38D,39D,40D,41D. The second-order valence-corrected chi connectivity index (χ2v) is 16.1. The van der Waals surface area contributed by atoms with Crippen LogP contribution in [0.5, 0.6) is 0 Å². The highest BCUT2D eigenvalue weighted by molar-refractivity contribution is 6.08. The Balaban J connectivity index is 1.19. The van der Waals surface area contributed by atoms with Gasteiger partial charge in [0, 0.05) is 47.5 Å². The molecule has 0 aliphatic heterocycles. The Kier molecular flexibility index (Phi) is 3.22. The Morgan fingerprint density at radius 1 is 0.371 bits per heavy atom. The average molecular weight is 936 g/mol. The summed E-state index contributed by atoms with van der Waals surface area (Å²) in [6, 6.07) is -45.4. The van der Waals surface area contributed by atoms with Crippen LogP contribution < -0.4 is 4.90 Å². The van der Waals surface area contributed by atoms with Gasteiger partial charge in [-0.3, -0.25) is 0 Å². The van der Waals surface area contributed by atoms with Crippen molar-refractivity contribution in [3.05, 3.63) is 269 Å². The second-order valence-electron chi connectivity index (χ2n) is 16.1. The van der Waals surface area contributed by atoms with Gasteiger partial charge >= 0.3 is 0 Å². The lowest BCUT2D eigenvalue weighted by Gasteiger charge is -2.32. The molecule has 328 valence electrons. The third-order valence-electron chi connectivity index (χ3n) is 12.6. The molecule has 1 atom stereocenters. The lowest BCUT2D eigenvalue weighted by Crippen LogP contribution is -2.26. The first-order chi connectivity index (χ1) is 52.8. The van der Waals surface area contributed by atoms with Crippen LogP contribution in [0.2, 0.25) is 0 Å². The number of hydrogen-bond donors (Lipinski definition) is 0. The quantitative estimate of drug-likeness (QED) is 0.171. The summed E-state index contributed by atoms with van der Waals surface area (Å²) in [5.41, 5.74) is -29.3. The molecule has 0 fully saturated rings. The Labute approximate surface area is 469 Å². The highest BCUT2D eigenvalue weighted by Gasteiger charge is 2.51. The topological polar surface area (TPSA) is 16.4 Å². The van der Waals surface area contributed by atoms with E-state index in [2.05, 4.69) is 0 Å². The molecule has 2 heteroatoms. The lowest BCUT2D eigenvalue weighted by molar-refractivity contribution is 0.660. The molecule has 0 N–H and O–H groups in total. The van der Waals surface area contributed by atoms with Crippen LogP contribution in [0.3, 0.4) is 0 Å². The van der Waals surface area contributed by atoms with E-state index in [-0.39, 0.29) is 4.90 Å². The molecule has 1 heterocycles. The van der Waals surface area contributed by atoms with E-state index < -0.39 is 393 Å². The molecule has 3 aliphatic carbocycles. The maximum atomic E-state index is 11.0. The monoisotopic (exact) mass is 936 g/mol. The van der Waals surface area contributed by atoms with Crippen molar-refractivity contribution in [1.82, 2.24) is 0 Å². The highest BCUT2D eigenvalue weighted by atomic mass is 16.3. The second kappa shape index (κ2) is 14.4. The number of rotatable bonds is 5. The predicted octanol–water partition coefficient (Wildman–Crippen LogP) is 18.2. The molecule has 1 spiro atoms. The third kappa shape index (κ3) is 5.28. The van der Waals surface area contributed by atoms with Crippen LogP contribution in [0.25, 0.3) is 88.3 Å². The molecule has 12 aromatic rings. The van der Waals surface area contributed by atoms with Gasteiger partial charge in [0.1, 0.15) is 11.2 Å². The van der Waals surface area contributed by atoms with Gasteiger partial charge in [0.15, 0.2) is 0 Å². The first kappa shape index (κ1) is 15.7. The van der Waals surface area contributed by atoms with Crippen molar-refractivity contribution in [2.24, 2.45) is 0 Å². The van der Waals surface area contributed by atoms with Crippen molar-refractivity contribution in [2.75, 3.05) is 4.90 Å². The van der Waals surface area contributed by atoms with Crippen LogP contribution in [0.1, 0.15) is 107 Å². The molecule has 2 nitrogen and oxygen atoms in total. The average Bonchev–Trinajstić information content (AvgIpc) is 1.47. The summed E-state index contributed by atoms with van der Waals surface area (Å²) in [5.74, 6) is 0. The van der Waals surface area contributed by atoms with E-state index in [9.17, 15) is 35.6 Å².